The molecule has 0 aromatic heterocycles. The van der Waals surface area contributed by atoms with Crippen molar-refractivity contribution in [2.24, 2.45) is 34.3 Å². The maximum absolute atomic E-state index is 14.2. The van der Waals surface area contributed by atoms with Gasteiger partial charge in [-0.25, -0.2) is 4.79 Å². The number of aliphatic hydroxyl groups is 1. The summed E-state index contributed by atoms with van der Waals surface area (Å²) < 4.78 is 5.46. The first kappa shape index (κ1) is 32.3. The van der Waals surface area contributed by atoms with Gasteiger partial charge in [0.25, 0.3) is 5.91 Å². The number of amides is 3. The molecule has 3 amide bonds. The van der Waals surface area contributed by atoms with E-state index >= 15 is 0 Å². The summed E-state index contributed by atoms with van der Waals surface area (Å²) >= 11 is 0. The van der Waals surface area contributed by atoms with E-state index in [2.05, 4.69) is 24.5 Å². The van der Waals surface area contributed by atoms with E-state index in [1.807, 2.05) is 20.8 Å². The topological polar surface area (TPSA) is 151 Å². The van der Waals surface area contributed by atoms with Gasteiger partial charge in [-0.2, -0.15) is 0 Å². The Morgan fingerprint density at radius 2 is 1.68 bits per heavy atom. The average molecular weight is 565 g/mol. The summed E-state index contributed by atoms with van der Waals surface area (Å²) in [5, 5.41) is 17.3. The van der Waals surface area contributed by atoms with E-state index < -0.39 is 53.2 Å². The molecule has 228 valence electrons. The number of ketones is 1. The van der Waals surface area contributed by atoms with Gasteiger partial charge in [0.05, 0.1) is 12.1 Å². The summed E-state index contributed by atoms with van der Waals surface area (Å²) in [5.74, 6) is -0.846. The lowest BCUT2D eigenvalue weighted by Crippen LogP contribution is -2.60. The van der Waals surface area contributed by atoms with Gasteiger partial charge < -0.3 is 25.8 Å². The molecule has 40 heavy (non-hydrogen) atoms. The number of Topliss-reactive ketones (excluding diaryl/α,β-unsaturated/α-hetero) is 1. The SMILES string of the molecule is CC(C)CC1CC12CC(C(O)NC(CC1CCC1)C(=O)C(N)=O)N(C(=O)C(NC(=O)OC(C)(C)C)C(C)(C)C)C2. The minimum absolute atomic E-state index is 0.112. The summed E-state index contributed by atoms with van der Waals surface area (Å²) in [4.78, 5) is 53.1. The van der Waals surface area contributed by atoms with Crippen molar-refractivity contribution in [3.05, 3.63) is 0 Å². The zero-order valence-corrected chi connectivity index (χ0v) is 25.7. The number of nitrogens with zero attached hydrogens (tertiary/aromatic N) is 1. The van der Waals surface area contributed by atoms with Gasteiger partial charge in [0, 0.05) is 6.54 Å². The first-order valence-electron chi connectivity index (χ1n) is 14.9. The normalized spacial score (nSPS) is 27.2. The number of ether oxygens (including phenoxy) is 1. The van der Waals surface area contributed by atoms with E-state index in [-0.39, 0.29) is 11.3 Å². The molecule has 6 atom stereocenters. The Hall–Kier alpha value is -2.20. The molecule has 5 N–H and O–H groups in total. The number of aliphatic hydroxyl groups excluding tert-OH is 1. The van der Waals surface area contributed by atoms with E-state index in [0.717, 1.165) is 32.1 Å². The number of nitrogens with one attached hydrogen (secondary N) is 2. The lowest BCUT2D eigenvalue weighted by Gasteiger charge is -2.38. The van der Waals surface area contributed by atoms with Crippen molar-refractivity contribution in [1.29, 1.82) is 0 Å². The Kier molecular flexibility index (Phi) is 9.66. The molecule has 6 unspecified atom stereocenters. The van der Waals surface area contributed by atoms with Crippen molar-refractivity contribution in [3.8, 4) is 0 Å². The van der Waals surface area contributed by atoms with Gasteiger partial charge in [0.2, 0.25) is 11.7 Å². The maximum Gasteiger partial charge on any atom is 0.408 e. The molecule has 1 saturated heterocycles. The molecule has 1 heterocycles. The molecule has 3 rings (SSSR count). The van der Waals surface area contributed by atoms with Crippen LogP contribution < -0.4 is 16.4 Å². The zero-order chi connectivity index (χ0) is 30.2. The third-order valence-corrected chi connectivity index (χ3v) is 8.76. The monoisotopic (exact) mass is 564 g/mol. The summed E-state index contributed by atoms with van der Waals surface area (Å²) in [6.45, 7) is 15.7. The van der Waals surface area contributed by atoms with E-state index in [9.17, 15) is 24.3 Å². The summed E-state index contributed by atoms with van der Waals surface area (Å²) in [7, 11) is 0. The molecular weight excluding hydrogens is 512 g/mol. The Balaban J connectivity index is 1.86. The zero-order valence-electron chi connectivity index (χ0n) is 25.7. The number of rotatable bonds is 11. The van der Waals surface area contributed by atoms with Crippen LogP contribution in [0.15, 0.2) is 0 Å². The number of likely N-dealkylation sites (tertiary alicyclic amines) is 1. The number of alkyl carbamates (subject to hydrolysis) is 1. The molecule has 10 heteroatoms. The van der Waals surface area contributed by atoms with Crippen molar-refractivity contribution < 1.29 is 29.0 Å². The average Bonchev–Trinajstić information content (AvgIpc) is 3.25. The molecule has 2 saturated carbocycles. The van der Waals surface area contributed by atoms with E-state index in [1.165, 1.54) is 0 Å². The third-order valence-electron chi connectivity index (χ3n) is 8.76. The molecule has 0 aromatic carbocycles. The van der Waals surface area contributed by atoms with Crippen LogP contribution in [0.5, 0.6) is 0 Å². The van der Waals surface area contributed by atoms with E-state index in [4.69, 9.17) is 10.5 Å². The second-order valence-corrected chi connectivity index (χ2v) is 15.0. The molecule has 1 spiro atoms. The molecule has 2 aliphatic carbocycles. The first-order chi connectivity index (χ1) is 18.3. The largest absolute Gasteiger partial charge is 0.444 e. The number of nitrogens with two attached hydrogens (primary N) is 1. The van der Waals surface area contributed by atoms with Crippen LogP contribution in [0.25, 0.3) is 0 Å². The Morgan fingerprint density at radius 1 is 1.05 bits per heavy atom. The van der Waals surface area contributed by atoms with Gasteiger partial charge >= 0.3 is 6.09 Å². The van der Waals surface area contributed by atoms with Crippen LogP contribution in [0.2, 0.25) is 0 Å². The lowest BCUT2D eigenvalue weighted by atomic mass is 9.80. The second-order valence-electron chi connectivity index (χ2n) is 15.0. The van der Waals surface area contributed by atoms with Crippen LogP contribution in [-0.4, -0.2) is 70.2 Å². The molecule has 0 radical (unpaired) electrons. The minimum Gasteiger partial charge on any atom is -0.444 e. The van der Waals surface area contributed by atoms with Gasteiger partial charge in [-0.05, 0) is 75.0 Å². The lowest BCUT2D eigenvalue weighted by molar-refractivity contribution is -0.141. The van der Waals surface area contributed by atoms with Crippen molar-refractivity contribution >= 4 is 23.7 Å². The Morgan fingerprint density at radius 3 is 2.15 bits per heavy atom. The van der Waals surface area contributed by atoms with Crippen molar-refractivity contribution in [3.63, 3.8) is 0 Å². The van der Waals surface area contributed by atoms with Crippen molar-refractivity contribution in [1.82, 2.24) is 15.5 Å². The van der Waals surface area contributed by atoms with Crippen LogP contribution in [0.4, 0.5) is 4.79 Å². The highest BCUT2D eigenvalue weighted by molar-refractivity contribution is 6.37. The number of hydrogen-bond acceptors (Lipinski definition) is 7. The van der Waals surface area contributed by atoms with E-state index in [0.29, 0.717) is 37.1 Å². The summed E-state index contributed by atoms with van der Waals surface area (Å²) in [6.07, 6.45) is 4.09. The van der Waals surface area contributed by atoms with Crippen molar-refractivity contribution in [2.45, 2.75) is 130 Å². The molecule has 10 nitrogen and oxygen atoms in total. The van der Waals surface area contributed by atoms with Crippen LogP contribution in [0, 0.1) is 28.6 Å². The predicted molar refractivity (Wildman–Crippen MR) is 152 cm³/mol. The van der Waals surface area contributed by atoms with Crippen LogP contribution >= 0.6 is 0 Å². The van der Waals surface area contributed by atoms with Crippen LogP contribution in [0.1, 0.15) is 100 Å². The fourth-order valence-electron chi connectivity index (χ4n) is 6.39. The standard InChI is InChI=1S/C30H52N4O6/c1-17(2)12-19-14-30(19)15-21(25(37)32-20(22(35)24(31)36)13-18-10-9-11-18)34(16-30)26(38)23(28(3,4)5)33-27(39)40-29(6,7)8/h17-21,23,25,32,37H,9-16H2,1-8H3,(H2,31,36)(H,33,39). The fraction of sp³-hybridized carbons (Fsp3) is 0.867. The third kappa shape index (κ3) is 7.96. The molecular formula is C30H52N4O6. The van der Waals surface area contributed by atoms with Gasteiger partial charge in [0.1, 0.15) is 17.9 Å². The molecule has 3 aliphatic rings. The first-order valence-corrected chi connectivity index (χ1v) is 14.9. The van der Waals surface area contributed by atoms with E-state index in [1.54, 1.807) is 25.7 Å². The molecule has 0 bridgehead atoms. The van der Waals surface area contributed by atoms with Gasteiger partial charge in [-0.15, -0.1) is 0 Å². The molecule has 0 aromatic rings. The number of carbonyl (C=O) groups is 4. The Labute approximate surface area is 239 Å². The Bertz CT molecular complexity index is 966. The molecule has 3 fully saturated rings. The quantitative estimate of drug-likeness (QED) is 0.222. The van der Waals surface area contributed by atoms with Crippen LogP contribution in [-0.2, 0) is 19.1 Å². The number of primary amides is 1. The smallest absolute Gasteiger partial charge is 0.408 e. The molecule has 1 aliphatic heterocycles. The van der Waals surface area contributed by atoms with Gasteiger partial charge in [-0.1, -0.05) is 53.9 Å². The second kappa shape index (κ2) is 12.0. The summed E-state index contributed by atoms with van der Waals surface area (Å²) in [5.41, 5.74) is 3.87. The fourth-order valence-corrected chi connectivity index (χ4v) is 6.39. The minimum atomic E-state index is -1.24. The highest BCUT2D eigenvalue weighted by Gasteiger charge is 2.62. The predicted octanol–water partition coefficient (Wildman–Crippen LogP) is 3.10. The van der Waals surface area contributed by atoms with Gasteiger partial charge in [-0.3, -0.25) is 19.7 Å². The van der Waals surface area contributed by atoms with Crippen molar-refractivity contribution in [2.75, 3.05) is 6.54 Å². The highest BCUT2D eigenvalue weighted by Crippen LogP contribution is 2.62. The highest BCUT2D eigenvalue weighted by atomic mass is 16.6. The maximum atomic E-state index is 14.2. The van der Waals surface area contributed by atoms with Crippen LogP contribution in [0.3, 0.4) is 0 Å². The van der Waals surface area contributed by atoms with Gasteiger partial charge in [0.15, 0.2) is 0 Å². The summed E-state index contributed by atoms with van der Waals surface area (Å²) in [6, 6.07) is -2.43. The number of carbonyl (C=O) groups excluding carboxylic acids is 4. The number of hydrogen-bond donors (Lipinski definition) is 4.